The Morgan fingerprint density at radius 2 is 1.68 bits per heavy atom. The summed E-state index contributed by atoms with van der Waals surface area (Å²) >= 11 is 0. The number of aromatic nitrogens is 2. The molecule has 4 nitrogen and oxygen atoms in total. The number of rotatable bonds is 3. The number of nitrogens with one attached hydrogen (secondary N) is 1. The lowest BCUT2D eigenvalue weighted by molar-refractivity contribution is 0.628. The first kappa shape index (κ1) is 13.1. The van der Waals surface area contributed by atoms with Crippen LogP contribution in [0.1, 0.15) is 23.9 Å². The number of hydrogen-bond donors (Lipinski definition) is 1. The summed E-state index contributed by atoms with van der Waals surface area (Å²) in [7, 11) is 0. The van der Waals surface area contributed by atoms with E-state index >= 15 is 0 Å². The summed E-state index contributed by atoms with van der Waals surface area (Å²) in [4.78, 5) is 8.45. The first-order chi connectivity index (χ1) is 9.04. The summed E-state index contributed by atoms with van der Waals surface area (Å²) in [5, 5.41) is 4.20. The Morgan fingerprint density at radius 1 is 1.11 bits per heavy atom. The Hall–Kier alpha value is -2.30. The molecule has 0 saturated carbocycles. The minimum absolute atomic E-state index is 0.262. The Balaban J connectivity index is 2.15. The number of nitrogens with zero attached hydrogens (tertiary/aromatic N) is 3. The minimum Gasteiger partial charge on any atom is -0.245 e. The summed E-state index contributed by atoms with van der Waals surface area (Å²) in [5.74, 6) is 0.195. The first-order valence-electron chi connectivity index (χ1n) is 5.93. The second-order valence-corrected chi connectivity index (χ2v) is 4.29. The van der Waals surface area contributed by atoms with Gasteiger partial charge in [0.2, 0.25) is 5.95 Å². The summed E-state index contributed by atoms with van der Waals surface area (Å²) in [6.07, 6.45) is 0. The SMILES string of the molecule is C/C(=N\Nc1nc(C)cc(C)n1)c1ccc(F)cc1. The molecular weight excluding hydrogens is 243 g/mol. The lowest BCUT2D eigenvalue weighted by Gasteiger charge is -2.04. The highest BCUT2D eigenvalue weighted by atomic mass is 19.1. The van der Waals surface area contributed by atoms with E-state index in [1.165, 1.54) is 12.1 Å². The molecule has 0 spiro atoms. The molecule has 98 valence electrons. The molecule has 1 N–H and O–H groups in total. The first-order valence-corrected chi connectivity index (χ1v) is 5.93. The van der Waals surface area contributed by atoms with Crippen molar-refractivity contribution in [3.8, 4) is 0 Å². The van der Waals surface area contributed by atoms with Crippen molar-refractivity contribution in [3.05, 3.63) is 53.1 Å². The Labute approximate surface area is 111 Å². The normalized spacial score (nSPS) is 11.5. The van der Waals surface area contributed by atoms with Crippen molar-refractivity contribution in [1.29, 1.82) is 0 Å². The van der Waals surface area contributed by atoms with Crippen LogP contribution < -0.4 is 5.43 Å². The van der Waals surface area contributed by atoms with E-state index in [-0.39, 0.29) is 5.82 Å². The summed E-state index contributed by atoms with van der Waals surface area (Å²) < 4.78 is 12.8. The monoisotopic (exact) mass is 258 g/mol. The third kappa shape index (κ3) is 3.58. The average molecular weight is 258 g/mol. The molecule has 1 heterocycles. The van der Waals surface area contributed by atoms with Gasteiger partial charge in [-0.15, -0.1) is 0 Å². The number of aryl methyl sites for hydroxylation is 2. The molecule has 0 saturated heterocycles. The minimum atomic E-state index is -0.262. The molecule has 0 fully saturated rings. The molecule has 2 rings (SSSR count). The van der Waals surface area contributed by atoms with Gasteiger partial charge in [0.1, 0.15) is 5.82 Å². The lowest BCUT2D eigenvalue weighted by atomic mass is 10.1. The van der Waals surface area contributed by atoms with Crippen molar-refractivity contribution in [2.45, 2.75) is 20.8 Å². The molecule has 1 aromatic carbocycles. The number of halogens is 1. The van der Waals surface area contributed by atoms with E-state index in [0.717, 1.165) is 22.7 Å². The molecule has 0 unspecified atom stereocenters. The fourth-order valence-corrected chi connectivity index (χ4v) is 1.67. The van der Waals surface area contributed by atoms with Gasteiger partial charge in [-0.05, 0) is 44.5 Å². The van der Waals surface area contributed by atoms with Crippen molar-refractivity contribution < 1.29 is 4.39 Å². The van der Waals surface area contributed by atoms with Crippen LogP contribution in [-0.2, 0) is 0 Å². The fraction of sp³-hybridized carbons (Fsp3) is 0.214. The fourth-order valence-electron chi connectivity index (χ4n) is 1.67. The van der Waals surface area contributed by atoms with E-state index < -0.39 is 0 Å². The zero-order chi connectivity index (χ0) is 13.8. The quantitative estimate of drug-likeness (QED) is 0.680. The van der Waals surface area contributed by atoms with Gasteiger partial charge in [0.15, 0.2) is 0 Å². The highest BCUT2D eigenvalue weighted by molar-refractivity contribution is 5.98. The van der Waals surface area contributed by atoms with Crippen molar-refractivity contribution >= 4 is 11.7 Å². The van der Waals surface area contributed by atoms with E-state index in [1.54, 1.807) is 12.1 Å². The highest BCUT2D eigenvalue weighted by Crippen LogP contribution is 2.06. The lowest BCUT2D eigenvalue weighted by Crippen LogP contribution is -2.03. The molecule has 19 heavy (non-hydrogen) atoms. The van der Waals surface area contributed by atoms with Crippen LogP contribution in [0.4, 0.5) is 10.3 Å². The molecule has 0 aliphatic heterocycles. The molecule has 2 aromatic rings. The van der Waals surface area contributed by atoms with Crippen LogP contribution in [0.15, 0.2) is 35.4 Å². The summed E-state index contributed by atoms with van der Waals surface area (Å²) in [6, 6.07) is 8.06. The van der Waals surface area contributed by atoms with Gasteiger partial charge in [0.05, 0.1) is 5.71 Å². The maximum Gasteiger partial charge on any atom is 0.243 e. The maximum absolute atomic E-state index is 12.8. The second-order valence-electron chi connectivity index (χ2n) is 4.29. The predicted molar refractivity (Wildman–Crippen MR) is 73.7 cm³/mol. The molecule has 0 atom stereocenters. The van der Waals surface area contributed by atoms with Gasteiger partial charge in [0.25, 0.3) is 0 Å². The van der Waals surface area contributed by atoms with Gasteiger partial charge < -0.3 is 0 Å². The third-order valence-corrected chi connectivity index (χ3v) is 2.57. The largest absolute Gasteiger partial charge is 0.245 e. The second kappa shape index (κ2) is 5.56. The number of hydrogen-bond acceptors (Lipinski definition) is 4. The standard InChI is InChI=1S/C14H15FN4/c1-9-8-10(2)17-14(16-9)19-18-11(3)12-4-6-13(15)7-5-12/h4-8H,1-3H3,(H,16,17,19)/b18-11+. The topological polar surface area (TPSA) is 50.2 Å². The van der Waals surface area contributed by atoms with Crippen molar-refractivity contribution in [2.24, 2.45) is 5.10 Å². The molecular formula is C14H15FN4. The highest BCUT2D eigenvalue weighted by Gasteiger charge is 2.00. The Kier molecular flexibility index (Phi) is 3.85. The molecule has 5 heteroatoms. The van der Waals surface area contributed by atoms with Gasteiger partial charge in [-0.25, -0.2) is 19.8 Å². The maximum atomic E-state index is 12.8. The molecule has 0 aliphatic carbocycles. The van der Waals surface area contributed by atoms with Gasteiger partial charge in [-0.1, -0.05) is 12.1 Å². The van der Waals surface area contributed by atoms with E-state index in [4.69, 9.17) is 0 Å². The smallest absolute Gasteiger partial charge is 0.243 e. The number of benzene rings is 1. The number of anilines is 1. The van der Waals surface area contributed by atoms with Crippen LogP contribution in [0.5, 0.6) is 0 Å². The third-order valence-electron chi connectivity index (χ3n) is 2.57. The Bertz CT molecular complexity index is 585. The van der Waals surface area contributed by atoms with Gasteiger partial charge in [-0.2, -0.15) is 5.10 Å². The predicted octanol–water partition coefficient (Wildman–Crippen LogP) is 3.07. The molecule has 0 radical (unpaired) electrons. The molecule has 0 bridgehead atoms. The average Bonchev–Trinajstić information content (AvgIpc) is 2.36. The van der Waals surface area contributed by atoms with Crippen LogP contribution in [0.25, 0.3) is 0 Å². The van der Waals surface area contributed by atoms with Gasteiger partial charge in [0, 0.05) is 11.4 Å². The van der Waals surface area contributed by atoms with Gasteiger partial charge in [-0.3, -0.25) is 0 Å². The van der Waals surface area contributed by atoms with Crippen LogP contribution in [0.2, 0.25) is 0 Å². The van der Waals surface area contributed by atoms with Gasteiger partial charge >= 0.3 is 0 Å². The zero-order valence-corrected chi connectivity index (χ0v) is 11.1. The van der Waals surface area contributed by atoms with E-state index in [9.17, 15) is 4.39 Å². The number of hydrazone groups is 1. The van der Waals surface area contributed by atoms with E-state index in [1.807, 2.05) is 26.8 Å². The van der Waals surface area contributed by atoms with Crippen molar-refractivity contribution in [3.63, 3.8) is 0 Å². The van der Waals surface area contributed by atoms with Crippen molar-refractivity contribution in [2.75, 3.05) is 5.43 Å². The van der Waals surface area contributed by atoms with Crippen LogP contribution >= 0.6 is 0 Å². The van der Waals surface area contributed by atoms with Crippen LogP contribution in [0, 0.1) is 19.7 Å². The van der Waals surface area contributed by atoms with E-state index in [0.29, 0.717) is 5.95 Å². The Morgan fingerprint density at radius 3 is 2.26 bits per heavy atom. The molecule has 1 aromatic heterocycles. The van der Waals surface area contributed by atoms with Crippen LogP contribution in [-0.4, -0.2) is 15.7 Å². The molecule has 0 amide bonds. The van der Waals surface area contributed by atoms with E-state index in [2.05, 4.69) is 20.5 Å². The zero-order valence-electron chi connectivity index (χ0n) is 11.1. The van der Waals surface area contributed by atoms with Crippen molar-refractivity contribution in [1.82, 2.24) is 9.97 Å². The molecule has 0 aliphatic rings. The summed E-state index contributed by atoms with van der Waals surface area (Å²) in [5.41, 5.74) is 6.15. The van der Waals surface area contributed by atoms with Crippen LogP contribution in [0.3, 0.4) is 0 Å². The summed E-state index contributed by atoms with van der Waals surface area (Å²) in [6.45, 7) is 5.63.